The Morgan fingerprint density at radius 2 is 1.85 bits per heavy atom. The van der Waals surface area contributed by atoms with Gasteiger partial charge in [0, 0.05) is 38.3 Å². The third-order valence-electron chi connectivity index (χ3n) is 4.83. The van der Waals surface area contributed by atoms with E-state index < -0.39 is 0 Å². The first-order valence-electron chi connectivity index (χ1n) is 8.47. The van der Waals surface area contributed by atoms with E-state index in [1.54, 1.807) is 0 Å². The van der Waals surface area contributed by atoms with Crippen molar-refractivity contribution >= 4 is 0 Å². The Balaban J connectivity index is 2.56. The normalized spacial score (nSPS) is 23.7. The summed E-state index contributed by atoms with van der Waals surface area (Å²) in [5, 5.41) is 3.64. The molecule has 0 aliphatic carbocycles. The Labute approximate surface area is 127 Å². The maximum Gasteiger partial charge on any atom is 0.0277 e. The van der Waals surface area contributed by atoms with Gasteiger partial charge in [-0.1, -0.05) is 27.2 Å². The number of hydrogen-bond acceptors (Lipinski definition) is 3. The molecule has 1 N–H and O–H groups in total. The SMILES string of the molecule is CCCNCC(C)(CCC)CN1CCN(C)C(C)(C)C1. The van der Waals surface area contributed by atoms with Crippen LogP contribution >= 0.6 is 0 Å². The van der Waals surface area contributed by atoms with E-state index >= 15 is 0 Å². The molecule has 0 aromatic carbocycles. The number of piperazine rings is 1. The highest BCUT2D eigenvalue weighted by atomic mass is 15.3. The van der Waals surface area contributed by atoms with E-state index in [1.807, 2.05) is 0 Å². The second kappa shape index (κ2) is 7.77. The van der Waals surface area contributed by atoms with Gasteiger partial charge in [-0.25, -0.2) is 0 Å². The van der Waals surface area contributed by atoms with E-state index in [9.17, 15) is 0 Å². The highest BCUT2D eigenvalue weighted by molar-refractivity contribution is 4.91. The zero-order valence-electron chi connectivity index (χ0n) is 14.8. The molecule has 0 spiro atoms. The van der Waals surface area contributed by atoms with Gasteiger partial charge >= 0.3 is 0 Å². The number of nitrogens with zero attached hydrogens (tertiary/aromatic N) is 2. The molecule has 0 aromatic heterocycles. The van der Waals surface area contributed by atoms with Crippen molar-refractivity contribution in [2.45, 2.75) is 59.4 Å². The van der Waals surface area contributed by atoms with Gasteiger partial charge in [-0.05, 0) is 45.7 Å². The largest absolute Gasteiger partial charge is 0.316 e. The van der Waals surface area contributed by atoms with Gasteiger partial charge in [-0.2, -0.15) is 0 Å². The van der Waals surface area contributed by atoms with E-state index in [0.29, 0.717) is 11.0 Å². The van der Waals surface area contributed by atoms with Crippen molar-refractivity contribution in [3.63, 3.8) is 0 Å². The molecule has 0 bridgehead atoms. The highest BCUT2D eigenvalue weighted by Gasteiger charge is 2.34. The van der Waals surface area contributed by atoms with Gasteiger partial charge in [0.2, 0.25) is 0 Å². The minimum atomic E-state index is 0.308. The monoisotopic (exact) mass is 283 g/mol. The quantitative estimate of drug-likeness (QED) is 0.691. The molecule has 1 fully saturated rings. The summed E-state index contributed by atoms with van der Waals surface area (Å²) in [5.74, 6) is 0. The molecule has 1 rings (SSSR count). The predicted octanol–water partition coefficient (Wildman–Crippen LogP) is 2.82. The van der Waals surface area contributed by atoms with Crippen molar-refractivity contribution in [2.75, 3.05) is 46.3 Å². The first kappa shape index (κ1) is 17.9. The summed E-state index contributed by atoms with van der Waals surface area (Å²) in [6, 6.07) is 0. The van der Waals surface area contributed by atoms with E-state index in [4.69, 9.17) is 0 Å². The second-order valence-corrected chi connectivity index (χ2v) is 7.68. The van der Waals surface area contributed by atoms with Crippen molar-refractivity contribution in [1.82, 2.24) is 15.1 Å². The molecule has 1 aliphatic rings. The number of nitrogens with one attached hydrogen (secondary N) is 1. The van der Waals surface area contributed by atoms with Crippen molar-refractivity contribution in [2.24, 2.45) is 5.41 Å². The van der Waals surface area contributed by atoms with Gasteiger partial charge < -0.3 is 5.32 Å². The van der Waals surface area contributed by atoms with Crippen LogP contribution in [0, 0.1) is 5.41 Å². The van der Waals surface area contributed by atoms with Crippen LogP contribution in [0.4, 0.5) is 0 Å². The fourth-order valence-corrected chi connectivity index (χ4v) is 3.41. The van der Waals surface area contributed by atoms with Crippen molar-refractivity contribution in [1.29, 1.82) is 0 Å². The first-order chi connectivity index (χ1) is 9.33. The van der Waals surface area contributed by atoms with Gasteiger partial charge in [0.25, 0.3) is 0 Å². The van der Waals surface area contributed by atoms with Crippen molar-refractivity contribution < 1.29 is 0 Å². The second-order valence-electron chi connectivity index (χ2n) is 7.68. The van der Waals surface area contributed by atoms with E-state index in [0.717, 1.165) is 13.1 Å². The molecule has 0 aromatic rings. The molecular weight excluding hydrogens is 246 g/mol. The first-order valence-corrected chi connectivity index (χ1v) is 8.47. The Morgan fingerprint density at radius 1 is 1.15 bits per heavy atom. The minimum absolute atomic E-state index is 0.308. The van der Waals surface area contributed by atoms with E-state index in [1.165, 1.54) is 45.4 Å². The Bertz CT molecular complexity index is 277. The van der Waals surface area contributed by atoms with Gasteiger partial charge in [-0.3, -0.25) is 9.80 Å². The van der Waals surface area contributed by atoms with Crippen LogP contribution in [0.5, 0.6) is 0 Å². The molecule has 1 heterocycles. The third kappa shape index (κ3) is 5.34. The summed E-state index contributed by atoms with van der Waals surface area (Å²) in [6.07, 6.45) is 3.82. The zero-order valence-corrected chi connectivity index (χ0v) is 14.8. The van der Waals surface area contributed by atoms with Crippen molar-refractivity contribution in [3.8, 4) is 0 Å². The van der Waals surface area contributed by atoms with Crippen LogP contribution in [0.25, 0.3) is 0 Å². The number of hydrogen-bond donors (Lipinski definition) is 1. The van der Waals surface area contributed by atoms with E-state index in [-0.39, 0.29) is 0 Å². The molecule has 1 unspecified atom stereocenters. The molecule has 20 heavy (non-hydrogen) atoms. The van der Waals surface area contributed by atoms with Crippen LogP contribution in [-0.4, -0.2) is 61.7 Å². The minimum Gasteiger partial charge on any atom is -0.316 e. The summed E-state index contributed by atoms with van der Waals surface area (Å²) >= 11 is 0. The molecule has 0 radical (unpaired) electrons. The maximum atomic E-state index is 3.64. The number of likely N-dealkylation sites (N-methyl/N-ethyl adjacent to an activating group) is 1. The Hall–Kier alpha value is -0.120. The molecule has 3 heteroatoms. The standard InChI is InChI=1S/C17H37N3/c1-7-9-17(5,13-18-10-8-2)15-20-12-11-19(6)16(3,4)14-20/h18H,7-15H2,1-6H3. The topological polar surface area (TPSA) is 18.5 Å². The van der Waals surface area contributed by atoms with Crippen LogP contribution in [0.2, 0.25) is 0 Å². The molecule has 1 saturated heterocycles. The lowest BCUT2D eigenvalue weighted by Gasteiger charge is -2.48. The molecule has 1 atom stereocenters. The fraction of sp³-hybridized carbons (Fsp3) is 1.00. The summed E-state index contributed by atoms with van der Waals surface area (Å²) in [7, 11) is 2.26. The van der Waals surface area contributed by atoms with E-state index in [2.05, 4.69) is 56.8 Å². The van der Waals surface area contributed by atoms with Crippen LogP contribution < -0.4 is 5.32 Å². The summed E-state index contributed by atoms with van der Waals surface area (Å²) in [6.45, 7) is 18.9. The van der Waals surface area contributed by atoms with Crippen LogP contribution in [-0.2, 0) is 0 Å². The average molecular weight is 284 g/mol. The van der Waals surface area contributed by atoms with Gasteiger partial charge in [0.1, 0.15) is 0 Å². The molecule has 3 nitrogen and oxygen atoms in total. The van der Waals surface area contributed by atoms with Crippen LogP contribution in [0.15, 0.2) is 0 Å². The smallest absolute Gasteiger partial charge is 0.0277 e. The summed E-state index contributed by atoms with van der Waals surface area (Å²) in [5.41, 5.74) is 0.720. The van der Waals surface area contributed by atoms with Crippen molar-refractivity contribution in [3.05, 3.63) is 0 Å². The number of rotatable bonds is 8. The highest BCUT2D eigenvalue weighted by Crippen LogP contribution is 2.27. The molecule has 120 valence electrons. The molecule has 1 aliphatic heterocycles. The van der Waals surface area contributed by atoms with Crippen LogP contribution in [0.3, 0.4) is 0 Å². The van der Waals surface area contributed by atoms with Crippen LogP contribution in [0.1, 0.15) is 53.9 Å². The lowest BCUT2D eigenvalue weighted by Crippen LogP contribution is -2.59. The van der Waals surface area contributed by atoms with Gasteiger partial charge in [-0.15, -0.1) is 0 Å². The molecule has 0 saturated carbocycles. The Morgan fingerprint density at radius 3 is 2.40 bits per heavy atom. The lowest BCUT2D eigenvalue weighted by atomic mass is 9.84. The lowest BCUT2D eigenvalue weighted by molar-refractivity contribution is 0.0170. The van der Waals surface area contributed by atoms with Gasteiger partial charge in [0.05, 0.1) is 0 Å². The van der Waals surface area contributed by atoms with Gasteiger partial charge in [0.15, 0.2) is 0 Å². The predicted molar refractivity (Wildman–Crippen MR) is 89.3 cm³/mol. The molecular formula is C17H37N3. The fourth-order valence-electron chi connectivity index (χ4n) is 3.41. The molecule has 0 amide bonds. The summed E-state index contributed by atoms with van der Waals surface area (Å²) in [4.78, 5) is 5.18. The summed E-state index contributed by atoms with van der Waals surface area (Å²) < 4.78 is 0. The maximum absolute atomic E-state index is 3.64. The third-order valence-corrected chi connectivity index (χ3v) is 4.83. The average Bonchev–Trinajstić information content (AvgIpc) is 2.34. The Kier molecular flexibility index (Phi) is 6.96. The zero-order chi connectivity index (χ0) is 15.2.